The van der Waals surface area contributed by atoms with Gasteiger partial charge < -0.3 is 4.74 Å². The van der Waals surface area contributed by atoms with Crippen LogP contribution in [-0.2, 0) is 19.6 Å². The van der Waals surface area contributed by atoms with E-state index in [1.54, 1.807) is 30.3 Å². The molecule has 0 atom stereocenters. The van der Waals surface area contributed by atoms with Crippen LogP contribution < -0.4 is 4.90 Å². The molecule has 0 N–H and O–H groups in total. The quantitative estimate of drug-likeness (QED) is 0.419. The van der Waals surface area contributed by atoms with Crippen molar-refractivity contribution in [1.29, 1.82) is 0 Å². The minimum Gasteiger partial charge on any atom is -0.458 e. The minimum atomic E-state index is -4.49. The fraction of sp³-hybridized carbons (Fsp3) is 0.105. The molecule has 2 aromatic carbocycles. The number of esters is 1. The van der Waals surface area contributed by atoms with Gasteiger partial charge in [-0.05, 0) is 30.3 Å². The number of urea groups is 1. The molecule has 0 aliphatic carbocycles. The van der Waals surface area contributed by atoms with Crippen LogP contribution in [0.15, 0.2) is 72.1 Å². The van der Waals surface area contributed by atoms with Gasteiger partial charge in [-0.1, -0.05) is 36.9 Å². The molecule has 0 aromatic heterocycles. The average molecular weight is 400 g/mol. The van der Waals surface area contributed by atoms with Crippen LogP contribution in [-0.4, -0.2) is 43.8 Å². The summed E-state index contributed by atoms with van der Waals surface area (Å²) in [5.41, 5.74) is 0.377. The van der Waals surface area contributed by atoms with Gasteiger partial charge in [0, 0.05) is 5.69 Å². The molecule has 0 bridgehead atoms. The summed E-state index contributed by atoms with van der Waals surface area (Å²) in [6.07, 6.45) is 1.37. The maximum absolute atomic E-state index is 12.9. The number of sulfonamides is 1. The Labute approximate surface area is 161 Å². The molecule has 0 radical (unpaired) electrons. The summed E-state index contributed by atoms with van der Waals surface area (Å²) in [7, 11) is -4.49. The van der Waals surface area contributed by atoms with Crippen molar-refractivity contribution in [2.24, 2.45) is 0 Å². The highest BCUT2D eigenvalue weighted by molar-refractivity contribution is 7.90. The van der Waals surface area contributed by atoms with Crippen LogP contribution in [0.5, 0.6) is 0 Å². The number of benzene rings is 2. The third-order valence-electron chi connectivity index (χ3n) is 3.93. The van der Waals surface area contributed by atoms with Crippen LogP contribution in [0.25, 0.3) is 0 Å². The summed E-state index contributed by atoms with van der Waals surface area (Å²) >= 11 is 0. The summed E-state index contributed by atoms with van der Waals surface area (Å²) in [5.74, 6) is -1.63. The van der Waals surface area contributed by atoms with Crippen LogP contribution in [0, 0.1) is 0 Å². The second-order valence-corrected chi connectivity index (χ2v) is 7.57. The van der Waals surface area contributed by atoms with Crippen molar-refractivity contribution in [1.82, 2.24) is 4.31 Å². The fourth-order valence-electron chi connectivity index (χ4n) is 2.64. The molecule has 9 heteroatoms. The fourth-order valence-corrected chi connectivity index (χ4v) is 4.00. The Kier molecular flexibility index (Phi) is 5.27. The van der Waals surface area contributed by atoms with Crippen molar-refractivity contribution in [2.45, 2.75) is 4.90 Å². The highest BCUT2D eigenvalue weighted by Gasteiger charge is 2.45. The number of amides is 3. The van der Waals surface area contributed by atoms with Crippen molar-refractivity contribution in [2.75, 3.05) is 18.1 Å². The van der Waals surface area contributed by atoms with E-state index in [1.165, 1.54) is 24.3 Å². The minimum absolute atomic E-state index is 0.0260. The number of nitrogens with zero attached hydrogens (tertiary/aromatic N) is 2. The average Bonchev–Trinajstić information content (AvgIpc) is 3.01. The molecular formula is C19H16N2O6S. The van der Waals surface area contributed by atoms with E-state index in [1.807, 2.05) is 0 Å². The summed E-state index contributed by atoms with van der Waals surface area (Å²) < 4.78 is 30.9. The zero-order valence-electron chi connectivity index (χ0n) is 14.6. The van der Waals surface area contributed by atoms with Gasteiger partial charge in [0.05, 0.1) is 10.5 Å². The number of hydrogen-bond donors (Lipinski definition) is 0. The lowest BCUT2D eigenvalue weighted by Crippen LogP contribution is -2.38. The predicted molar refractivity (Wildman–Crippen MR) is 100 cm³/mol. The molecule has 0 saturated carbocycles. The molecule has 0 spiro atoms. The molecule has 2 aromatic rings. The zero-order valence-corrected chi connectivity index (χ0v) is 15.5. The van der Waals surface area contributed by atoms with E-state index in [0.717, 1.165) is 11.0 Å². The Morgan fingerprint density at radius 1 is 1.11 bits per heavy atom. The summed E-state index contributed by atoms with van der Waals surface area (Å²) in [5, 5.41) is 0. The highest BCUT2D eigenvalue weighted by Crippen LogP contribution is 2.26. The number of para-hydroxylation sites is 1. The number of ether oxygens (including phenoxy) is 1. The van der Waals surface area contributed by atoms with E-state index in [0.29, 0.717) is 5.69 Å². The molecule has 3 rings (SSSR count). The molecule has 8 nitrogen and oxygen atoms in total. The highest BCUT2D eigenvalue weighted by atomic mass is 32.2. The van der Waals surface area contributed by atoms with Gasteiger partial charge in [0.25, 0.3) is 15.9 Å². The van der Waals surface area contributed by atoms with Crippen LogP contribution in [0.3, 0.4) is 0 Å². The molecular weight excluding hydrogens is 384 g/mol. The number of imide groups is 1. The smallest absolute Gasteiger partial charge is 0.346 e. The normalized spacial score (nSPS) is 14.3. The standard InChI is InChI=1S/C19H16N2O6S/c1-2-11-27-18(23)14-7-6-10-16(12-14)28(25,26)21-17(22)13-20(19(21)24)15-8-4-3-5-9-15/h2-10,12H,1,11,13H2. The van der Waals surface area contributed by atoms with Crippen molar-refractivity contribution >= 4 is 33.6 Å². The second-order valence-electron chi connectivity index (χ2n) is 5.78. The van der Waals surface area contributed by atoms with Gasteiger partial charge in [0.1, 0.15) is 13.2 Å². The second kappa shape index (κ2) is 7.65. The van der Waals surface area contributed by atoms with Gasteiger partial charge in [-0.25, -0.2) is 18.0 Å². The zero-order chi connectivity index (χ0) is 20.3. The molecule has 1 fully saturated rings. The van der Waals surface area contributed by atoms with E-state index < -0.39 is 34.5 Å². The van der Waals surface area contributed by atoms with E-state index in [2.05, 4.69) is 6.58 Å². The van der Waals surface area contributed by atoms with E-state index in [4.69, 9.17) is 4.74 Å². The molecule has 28 heavy (non-hydrogen) atoms. The Bertz CT molecular complexity index is 1050. The maximum atomic E-state index is 12.9. The molecule has 1 heterocycles. The third-order valence-corrected chi connectivity index (χ3v) is 5.62. The number of rotatable bonds is 6. The third kappa shape index (κ3) is 3.52. The van der Waals surface area contributed by atoms with Gasteiger partial charge in [0.15, 0.2) is 0 Å². The first kappa shape index (κ1) is 19.3. The van der Waals surface area contributed by atoms with Gasteiger partial charge in [0.2, 0.25) is 0 Å². The molecule has 1 aliphatic heterocycles. The first-order chi connectivity index (χ1) is 13.4. The monoisotopic (exact) mass is 400 g/mol. The molecule has 1 saturated heterocycles. The molecule has 3 amide bonds. The Morgan fingerprint density at radius 3 is 2.50 bits per heavy atom. The van der Waals surface area contributed by atoms with Gasteiger partial charge >= 0.3 is 12.0 Å². The lowest BCUT2D eigenvalue weighted by Gasteiger charge is -2.17. The predicted octanol–water partition coefficient (Wildman–Crippen LogP) is 2.19. The Hall–Kier alpha value is -3.46. The van der Waals surface area contributed by atoms with Crippen LogP contribution >= 0.6 is 0 Å². The van der Waals surface area contributed by atoms with E-state index in [-0.39, 0.29) is 21.4 Å². The number of hydrogen-bond acceptors (Lipinski definition) is 6. The van der Waals surface area contributed by atoms with Crippen LogP contribution in [0.2, 0.25) is 0 Å². The summed E-state index contributed by atoms with van der Waals surface area (Å²) in [4.78, 5) is 37.6. The van der Waals surface area contributed by atoms with Gasteiger partial charge in [-0.3, -0.25) is 9.69 Å². The molecule has 0 unspecified atom stereocenters. The summed E-state index contributed by atoms with van der Waals surface area (Å²) in [6, 6.07) is 12.2. The van der Waals surface area contributed by atoms with Crippen molar-refractivity contribution < 1.29 is 27.5 Å². The lowest BCUT2D eigenvalue weighted by molar-refractivity contribution is -0.121. The van der Waals surface area contributed by atoms with Crippen LogP contribution in [0.4, 0.5) is 10.5 Å². The topological polar surface area (TPSA) is 101 Å². The SMILES string of the molecule is C=CCOC(=O)c1cccc(S(=O)(=O)N2C(=O)CN(c3ccccc3)C2=O)c1. The Balaban J connectivity index is 1.93. The number of anilines is 1. The first-order valence-corrected chi connectivity index (χ1v) is 9.63. The number of carbonyl (C=O) groups excluding carboxylic acids is 3. The van der Waals surface area contributed by atoms with Gasteiger partial charge in [-0.2, -0.15) is 0 Å². The van der Waals surface area contributed by atoms with E-state index >= 15 is 0 Å². The van der Waals surface area contributed by atoms with E-state index in [9.17, 15) is 22.8 Å². The first-order valence-electron chi connectivity index (χ1n) is 8.19. The lowest BCUT2D eigenvalue weighted by atomic mass is 10.2. The largest absolute Gasteiger partial charge is 0.458 e. The Morgan fingerprint density at radius 2 is 1.82 bits per heavy atom. The van der Waals surface area contributed by atoms with Crippen molar-refractivity contribution in [3.05, 3.63) is 72.8 Å². The van der Waals surface area contributed by atoms with Crippen LogP contribution in [0.1, 0.15) is 10.4 Å². The maximum Gasteiger partial charge on any atom is 0.346 e. The van der Waals surface area contributed by atoms with Crippen molar-refractivity contribution in [3.8, 4) is 0 Å². The molecule has 144 valence electrons. The summed E-state index contributed by atoms with van der Waals surface area (Å²) in [6.45, 7) is 2.99. The number of carbonyl (C=O) groups is 3. The van der Waals surface area contributed by atoms with Crippen molar-refractivity contribution in [3.63, 3.8) is 0 Å². The van der Waals surface area contributed by atoms with Gasteiger partial charge in [-0.15, -0.1) is 4.31 Å². The molecule has 1 aliphatic rings.